The summed E-state index contributed by atoms with van der Waals surface area (Å²) in [6.45, 7) is 5.38. The molecule has 0 aliphatic rings. The highest BCUT2D eigenvalue weighted by Gasteiger charge is 2.23. The smallest absolute Gasteiger partial charge is 0.358 e. The van der Waals surface area contributed by atoms with E-state index in [0.717, 1.165) is 21.7 Å². The van der Waals surface area contributed by atoms with Crippen LogP contribution in [0.3, 0.4) is 0 Å². The van der Waals surface area contributed by atoms with E-state index in [9.17, 15) is 9.59 Å². The molecule has 0 fully saturated rings. The minimum absolute atomic E-state index is 0.210. The molecule has 1 atom stereocenters. The van der Waals surface area contributed by atoms with Crippen molar-refractivity contribution < 1.29 is 14.3 Å². The lowest BCUT2D eigenvalue weighted by atomic mass is 9.99. The first-order valence-electron chi connectivity index (χ1n) is 8.29. The van der Waals surface area contributed by atoms with Crippen molar-refractivity contribution in [2.75, 3.05) is 0 Å². The number of rotatable bonds is 5. The molecule has 4 nitrogen and oxygen atoms in total. The first kappa shape index (κ1) is 18.0. The van der Waals surface area contributed by atoms with Gasteiger partial charge in [0.05, 0.1) is 0 Å². The maximum absolute atomic E-state index is 12.6. The molecule has 0 spiro atoms. The number of carbonyl (C=O) groups is 2. The number of aromatic nitrogens is 1. The molecule has 26 heavy (non-hydrogen) atoms. The summed E-state index contributed by atoms with van der Waals surface area (Å²) in [5.41, 5.74) is 3.59. The quantitative estimate of drug-likeness (QED) is 0.479. The van der Waals surface area contributed by atoms with Crippen molar-refractivity contribution in [3.05, 3.63) is 76.3 Å². The number of ketones is 1. The van der Waals surface area contributed by atoms with Gasteiger partial charge in [-0.1, -0.05) is 48.0 Å². The molecule has 1 heterocycles. The molecule has 3 rings (SSSR count). The summed E-state index contributed by atoms with van der Waals surface area (Å²) in [7, 11) is 0. The van der Waals surface area contributed by atoms with Crippen LogP contribution in [0.15, 0.2) is 53.9 Å². The zero-order valence-corrected chi connectivity index (χ0v) is 15.7. The Morgan fingerprint density at radius 3 is 2.54 bits per heavy atom. The van der Waals surface area contributed by atoms with E-state index < -0.39 is 12.1 Å². The topological polar surface area (TPSA) is 56.3 Å². The third-order valence-corrected chi connectivity index (χ3v) is 4.94. The van der Waals surface area contributed by atoms with Crippen LogP contribution in [0.2, 0.25) is 0 Å². The SMILES string of the molecule is Cc1ccc(C)c(C(=O)[C@H](C)OC(=O)c2csc(-c3ccccc3)n2)c1. The lowest BCUT2D eigenvalue weighted by molar-refractivity contribution is 0.0313. The van der Waals surface area contributed by atoms with Crippen LogP contribution in [0, 0.1) is 13.8 Å². The van der Waals surface area contributed by atoms with Crippen molar-refractivity contribution in [2.45, 2.75) is 26.9 Å². The van der Waals surface area contributed by atoms with Gasteiger partial charge in [0.1, 0.15) is 5.01 Å². The number of benzene rings is 2. The summed E-state index contributed by atoms with van der Waals surface area (Å²) in [5, 5.41) is 2.39. The molecule has 0 aliphatic heterocycles. The number of esters is 1. The molecule has 132 valence electrons. The largest absolute Gasteiger partial charge is 0.450 e. The predicted molar refractivity (Wildman–Crippen MR) is 103 cm³/mol. The summed E-state index contributed by atoms with van der Waals surface area (Å²) < 4.78 is 5.35. The van der Waals surface area contributed by atoms with Gasteiger partial charge in [-0.05, 0) is 32.4 Å². The van der Waals surface area contributed by atoms with E-state index in [0.29, 0.717) is 5.56 Å². The molecule has 1 aromatic heterocycles. The molecule has 0 saturated heterocycles. The number of carbonyl (C=O) groups excluding carboxylic acids is 2. The van der Waals surface area contributed by atoms with Crippen LogP contribution in [0.4, 0.5) is 0 Å². The van der Waals surface area contributed by atoms with Gasteiger partial charge in [0.2, 0.25) is 5.78 Å². The molecular formula is C21H19NO3S. The second kappa shape index (κ2) is 7.62. The Morgan fingerprint density at radius 2 is 1.81 bits per heavy atom. The number of hydrogen-bond acceptors (Lipinski definition) is 5. The number of nitrogens with zero attached hydrogens (tertiary/aromatic N) is 1. The number of aryl methyl sites for hydroxylation is 2. The first-order valence-corrected chi connectivity index (χ1v) is 9.17. The van der Waals surface area contributed by atoms with E-state index in [2.05, 4.69) is 4.98 Å². The van der Waals surface area contributed by atoms with Crippen LogP contribution in [0.5, 0.6) is 0 Å². The van der Waals surface area contributed by atoms with E-state index in [1.165, 1.54) is 11.3 Å². The molecule has 3 aromatic rings. The van der Waals surface area contributed by atoms with Crippen LogP contribution in [0.1, 0.15) is 38.9 Å². The minimum atomic E-state index is -0.870. The molecule has 0 bridgehead atoms. The average molecular weight is 365 g/mol. The monoisotopic (exact) mass is 365 g/mol. The standard InChI is InChI=1S/C21H19NO3S/c1-13-9-10-14(2)17(11-13)19(23)15(3)25-21(24)18-12-26-20(22-18)16-7-5-4-6-8-16/h4-12,15H,1-3H3/t15-/m0/s1. The zero-order chi connectivity index (χ0) is 18.7. The van der Waals surface area contributed by atoms with Gasteiger partial charge in [-0.2, -0.15) is 0 Å². The van der Waals surface area contributed by atoms with Gasteiger partial charge < -0.3 is 4.74 Å². The Balaban J connectivity index is 1.72. The molecular weight excluding hydrogens is 346 g/mol. The lowest BCUT2D eigenvalue weighted by Gasteiger charge is -2.13. The molecule has 2 aromatic carbocycles. The summed E-state index contributed by atoms with van der Waals surface area (Å²) in [6.07, 6.45) is -0.870. The average Bonchev–Trinajstić information content (AvgIpc) is 3.14. The van der Waals surface area contributed by atoms with Gasteiger partial charge >= 0.3 is 5.97 Å². The Morgan fingerprint density at radius 1 is 1.08 bits per heavy atom. The maximum atomic E-state index is 12.6. The number of ether oxygens (including phenoxy) is 1. The summed E-state index contributed by atoms with van der Waals surface area (Å²) in [4.78, 5) is 29.3. The van der Waals surface area contributed by atoms with Gasteiger partial charge in [-0.25, -0.2) is 9.78 Å². The third kappa shape index (κ3) is 3.89. The minimum Gasteiger partial charge on any atom is -0.450 e. The van der Waals surface area contributed by atoms with Crippen molar-refractivity contribution in [2.24, 2.45) is 0 Å². The highest BCUT2D eigenvalue weighted by molar-refractivity contribution is 7.13. The second-order valence-electron chi connectivity index (χ2n) is 6.13. The third-order valence-electron chi connectivity index (χ3n) is 4.05. The van der Waals surface area contributed by atoms with Crippen molar-refractivity contribution in [1.29, 1.82) is 0 Å². The van der Waals surface area contributed by atoms with Gasteiger partial charge in [-0.3, -0.25) is 4.79 Å². The normalized spacial score (nSPS) is 11.8. The molecule has 0 N–H and O–H groups in total. The van der Waals surface area contributed by atoms with Crippen molar-refractivity contribution in [1.82, 2.24) is 4.98 Å². The van der Waals surface area contributed by atoms with E-state index in [4.69, 9.17) is 4.74 Å². The van der Waals surface area contributed by atoms with Gasteiger partial charge in [0.25, 0.3) is 0 Å². The molecule has 5 heteroatoms. The summed E-state index contributed by atoms with van der Waals surface area (Å²) in [6, 6.07) is 15.3. The molecule has 0 unspecified atom stereocenters. The Kier molecular flexibility index (Phi) is 5.28. The zero-order valence-electron chi connectivity index (χ0n) is 14.9. The fraction of sp³-hybridized carbons (Fsp3) is 0.190. The Bertz CT molecular complexity index is 947. The number of hydrogen-bond donors (Lipinski definition) is 0. The van der Waals surface area contributed by atoms with Gasteiger partial charge in [0.15, 0.2) is 11.8 Å². The van der Waals surface area contributed by atoms with Gasteiger partial charge in [-0.15, -0.1) is 11.3 Å². The summed E-state index contributed by atoms with van der Waals surface area (Å²) in [5.74, 6) is -0.798. The van der Waals surface area contributed by atoms with E-state index >= 15 is 0 Å². The lowest BCUT2D eigenvalue weighted by Crippen LogP contribution is -2.25. The highest BCUT2D eigenvalue weighted by Crippen LogP contribution is 2.24. The summed E-state index contributed by atoms with van der Waals surface area (Å²) >= 11 is 1.37. The van der Waals surface area contributed by atoms with Crippen molar-refractivity contribution in [3.63, 3.8) is 0 Å². The van der Waals surface area contributed by atoms with Crippen LogP contribution in [-0.4, -0.2) is 22.8 Å². The molecule has 0 radical (unpaired) electrons. The fourth-order valence-corrected chi connectivity index (χ4v) is 3.37. The van der Waals surface area contributed by atoms with Crippen molar-refractivity contribution >= 4 is 23.1 Å². The second-order valence-corrected chi connectivity index (χ2v) is 6.99. The fourth-order valence-electron chi connectivity index (χ4n) is 2.58. The van der Waals surface area contributed by atoms with Gasteiger partial charge in [0, 0.05) is 16.5 Å². The maximum Gasteiger partial charge on any atom is 0.358 e. The van der Waals surface area contributed by atoms with Crippen LogP contribution < -0.4 is 0 Å². The number of thiazole rings is 1. The van der Waals surface area contributed by atoms with Crippen LogP contribution >= 0.6 is 11.3 Å². The molecule has 0 amide bonds. The first-order chi connectivity index (χ1) is 12.5. The Hall–Kier alpha value is -2.79. The van der Waals surface area contributed by atoms with Crippen LogP contribution in [0.25, 0.3) is 10.6 Å². The van der Waals surface area contributed by atoms with E-state index in [-0.39, 0.29) is 11.5 Å². The van der Waals surface area contributed by atoms with E-state index in [1.807, 2.05) is 62.4 Å². The van der Waals surface area contributed by atoms with Crippen LogP contribution in [-0.2, 0) is 4.74 Å². The van der Waals surface area contributed by atoms with Crippen molar-refractivity contribution in [3.8, 4) is 10.6 Å². The van der Waals surface area contributed by atoms with E-state index in [1.54, 1.807) is 12.3 Å². The molecule has 0 saturated carbocycles. The highest BCUT2D eigenvalue weighted by atomic mass is 32.1. The number of Topliss-reactive ketones (excluding diaryl/α,β-unsaturated/α-hetero) is 1. The Labute approximate surface area is 156 Å². The molecule has 0 aliphatic carbocycles. The predicted octanol–water partition coefficient (Wildman–Crippen LogP) is 4.86.